The Bertz CT molecular complexity index is 488. The summed E-state index contributed by atoms with van der Waals surface area (Å²) in [6.45, 7) is 3.47. The van der Waals surface area contributed by atoms with Gasteiger partial charge in [0.2, 0.25) is 0 Å². The van der Waals surface area contributed by atoms with E-state index in [2.05, 4.69) is 22.2 Å². The number of hydrogen-bond acceptors (Lipinski definition) is 4. The molecule has 0 spiro atoms. The van der Waals surface area contributed by atoms with Gasteiger partial charge >= 0.3 is 0 Å². The molecule has 100 valence electrons. The molecule has 0 bridgehead atoms. The molecule has 1 aromatic heterocycles. The van der Waals surface area contributed by atoms with E-state index in [1.165, 1.54) is 0 Å². The predicted octanol–water partition coefficient (Wildman–Crippen LogP) is 2.92. The Morgan fingerprint density at radius 1 is 1.16 bits per heavy atom. The summed E-state index contributed by atoms with van der Waals surface area (Å²) < 4.78 is 5.60. The quantitative estimate of drug-likeness (QED) is 0.775. The molecule has 0 radical (unpaired) electrons. The number of aromatic nitrogens is 2. The Kier molecular flexibility index (Phi) is 5.17. The standard InChI is InChI=1S/C15H19N3O/c1-2-6-13-11-15(18-12-17-13)16-9-10-19-14-7-4-3-5-8-14/h3-5,7-8,11-12H,2,6,9-10H2,1H3,(H,16,17,18). The normalized spacial score (nSPS) is 10.2. The first-order valence-electron chi connectivity index (χ1n) is 6.61. The van der Waals surface area contributed by atoms with E-state index < -0.39 is 0 Å². The van der Waals surface area contributed by atoms with Crippen molar-refractivity contribution in [3.8, 4) is 5.75 Å². The number of ether oxygens (including phenoxy) is 1. The Hall–Kier alpha value is -2.10. The Labute approximate surface area is 113 Å². The lowest BCUT2D eigenvalue weighted by Gasteiger charge is -2.08. The molecule has 2 aromatic rings. The SMILES string of the molecule is CCCc1cc(NCCOc2ccccc2)ncn1. The minimum Gasteiger partial charge on any atom is -0.492 e. The highest BCUT2D eigenvalue weighted by atomic mass is 16.5. The second kappa shape index (κ2) is 7.36. The van der Waals surface area contributed by atoms with Crippen LogP contribution in [0, 0.1) is 0 Å². The van der Waals surface area contributed by atoms with Crippen LogP contribution in [0.1, 0.15) is 19.0 Å². The topological polar surface area (TPSA) is 47.0 Å². The van der Waals surface area contributed by atoms with Crippen LogP contribution >= 0.6 is 0 Å². The Morgan fingerprint density at radius 2 is 2.00 bits per heavy atom. The van der Waals surface area contributed by atoms with Crippen LogP contribution in [0.2, 0.25) is 0 Å². The average molecular weight is 257 g/mol. The molecule has 0 aliphatic heterocycles. The Balaban J connectivity index is 1.75. The van der Waals surface area contributed by atoms with Crippen molar-refractivity contribution < 1.29 is 4.74 Å². The van der Waals surface area contributed by atoms with Crippen LogP contribution in [0.3, 0.4) is 0 Å². The maximum atomic E-state index is 5.60. The zero-order chi connectivity index (χ0) is 13.3. The molecular formula is C15H19N3O. The van der Waals surface area contributed by atoms with Gasteiger partial charge in [-0.3, -0.25) is 0 Å². The Morgan fingerprint density at radius 3 is 2.79 bits per heavy atom. The summed E-state index contributed by atoms with van der Waals surface area (Å²) in [6, 6.07) is 11.8. The first kappa shape index (κ1) is 13.3. The molecule has 4 nitrogen and oxygen atoms in total. The minimum atomic E-state index is 0.608. The van der Waals surface area contributed by atoms with Gasteiger partial charge in [-0.1, -0.05) is 31.5 Å². The number of anilines is 1. The van der Waals surface area contributed by atoms with Gasteiger partial charge < -0.3 is 10.1 Å². The first-order valence-corrected chi connectivity index (χ1v) is 6.61. The summed E-state index contributed by atoms with van der Waals surface area (Å²) in [7, 11) is 0. The van der Waals surface area contributed by atoms with Gasteiger partial charge in [0, 0.05) is 11.8 Å². The average Bonchev–Trinajstić information content (AvgIpc) is 2.46. The highest BCUT2D eigenvalue weighted by Gasteiger charge is 1.98. The van der Waals surface area contributed by atoms with Gasteiger partial charge in [-0.2, -0.15) is 0 Å². The van der Waals surface area contributed by atoms with Crippen LogP contribution in [-0.4, -0.2) is 23.1 Å². The summed E-state index contributed by atoms with van der Waals surface area (Å²) in [5.74, 6) is 1.74. The molecule has 0 saturated heterocycles. The number of hydrogen-bond donors (Lipinski definition) is 1. The molecule has 0 atom stereocenters. The second-order valence-corrected chi connectivity index (χ2v) is 4.23. The van der Waals surface area contributed by atoms with Gasteiger partial charge in [0.15, 0.2) is 0 Å². The third kappa shape index (κ3) is 4.58. The fourth-order valence-electron chi connectivity index (χ4n) is 1.75. The van der Waals surface area contributed by atoms with Crippen LogP contribution < -0.4 is 10.1 Å². The molecule has 0 aliphatic rings. The fourth-order valence-corrected chi connectivity index (χ4v) is 1.75. The summed E-state index contributed by atoms with van der Waals surface area (Å²) in [5.41, 5.74) is 1.07. The van der Waals surface area contributed by atoms with Crippen LogP contribution in [0.5, 0.6) is 5.75 Å². The molecule has 0 amide bonds. The van der Waals surface area contributed by atoms with Gasteiger partial charge in [-0.15, -0.1) is 0 Å². The van der Waals surface area contributed by atoms with E-state index >= 15 is 0 Å². The maximum Gasteiger partial charge on any atom is 0.129 e. The number of rotatable bonds is 7. The highest BCUT2D eigenvalue weighted by molar-refractivity contribution is 5.34. The van der Waals surface area contributed by atoms with E-state index in [4.69, 9.17) is 4.74 Å². The lowest BCUT2D eigenvalue weighted by Crippen LogP contribution is -2.12. The van der Waals surface area contributed by atoms with Gasteiger partial charge in [-0.25, -0.2) is 9.97 Å². The molecular weight excluding hydrogens is 238 g/mol. The molecule has 0 fully saturated rings. The van der Waals surface area contributed by atoms with Crippen LogP contribution in [0.4, 0.5) is 5.82 Å². The van der Waals surface area contributed by atoms with E-state index in [9.17, 15) is 0 Å². The number of benzene rings is 1. The first-order chi connectivity index (χ1) is 9.38. The number of nitrogens with one attached hydrogen (secondary N) is 1. The van der Waals surface area contributed by atoms with Crippen molar-refractivity contribution >= 4 is 5.82 Å². The van der Waals surface area contributed by atoms with Crippen molar-refractivity contribution in [2.75, 3.05) is 18.5 Å². The highest BCUT2D eigenvalue weighted by Crippen LogP contribution is 2.08. The van der Waals surface area contributed by atoms with Crippen molar-refractivity contribution in [2.45, 2.75) is 19.8 Å². The largest absolute Gasteiger partial charge is 0.492 e. The van der Waals surface area contributed by atoms with Crippen molar-refractivity contribution in [3.63, 3.8) is 0 Å². The van der Waals surface area contributed by atoms with Gasteiger partial charge in [0.1, 0.15) is 24.5 Å². The number of para-hydroxylation sites is 1. The van der Waals surface area contributed by atoms with E-state index in [-0.39, 0.29) is 0 Å². The smallest absolute Gasteiger partial charge is 0.129 e. The molecule has 0 aliphatic carbocycles. The maximum absolute atomic E-state index is 5.60. The summed E-state index contributed by atoms with van der Waals surface area (Å²) >= 11 is 0. The zero-order valence-corrected chi connectivity index (χ0v) is 11.2. The lowest BCUT2D eigenvalue weighted by molar-refractivity contribution is 0.333. The predicted molar refractivity (Wildman–Crippen MR) is 76.5 cm³/mol. The molecule has 1 heterocycles. The molecule has 0 unspecified atom stereocenters. The van der Waals surface area contributed by atoms with Gasteiger partial charge in [0.05, 0.1) is 6.54 Å². The van der Waals surface area contributed by atoms with E-state index in [1.54, 1.807) is 6.33 Å². The van der Waals surface area contributed by atoms with E-state index in [0.29, 0.717) is 6.61 Å². The molecule has 2 rings (SSSR count). The molecule has 1 aromatic carbocycles. The van der Waals surface area contributed by atoms with Crippen LogP contribution in [-0.2, 0) is 6.42 Å². The van der Waals surface area contributed by atoms with Gasteiger partial charge in [0.25, 0.3) is 0 Å². The van der Waals surface area contributed by atoms with E-state index in [0.717, 1.165) is 36.6 Å². The van der Waals surface area contributed by atoms with Crippen LogP contribution in [0.25, 0.3) is 0 Å². The lowest BCUT2D eigenvalue weighted by atomic mass is 10.2. The van der Waals surface area contributed by atoms with Crippen molar-refractivity contribution in [2.24, 2.45) is 0 Å². The molecule has 0 saturated carbocycles. The summed E-state index contributed by atoms with van der Waals surface area (Å²) in [5, 5.41) is 3.24. The molecule has 1 N–H and O–H groups in total. The zero-order valence-electron chi connectivity index (χ0n) is 11.2. The van der Waals surface area contributed by atoms with Crippen molar-refractivity contribution in [3.05, 3.63) is 48.4 Å². The monoisotopic (exact) mass is 257 g/mol. The van der Waals surface area contributed by atoms with Crippen molar-refractivity contribution in [1.29, 1.82) is 0 Å². The third-order valence-corrected chi connectivity index (χ3v) is 2.65. The second-order valence-electron chi connectivity index (χ2n) is 4.23. The summed E-state index contributed by atoms with van der Waals surface area (Å²) in [6.07, 6.45) is 3.68. The molecule has 19 heavy (non-hydrogen) atoms. The summed E-state index contributed by atoms with van der Waals surface area (Å²) in [4.78, 5) is 8.41. The minimum absolute atomic E-state index is 0.608. The van der Waals surface area contributed by atoms with Crippen molar-refractivity contribution in [1.82, 2.24) is 9.97 Å². The van der Waals surface area contributed by atoms with Crippen LogP contribution in [0.15, 0.2) is 42.7 Å². The van der Waals surface area contributed by atoms with E-state index in [1.807, 2.05) is 36.4 Å². The third-order valence-electron chi connectivity index (χ3n) is 2.65. The van der Waals surface area contributed by atoms with Gasteiger partial charge in [-0.05, 0) is 18.6 Å². The fraction of sp³-hybridized carbons (Fsp3) is 0.333. The number of nitrogens with zero attached hydrogens (tertiary/aromatic N) is 2. The molecule has 4 heteroatoms. The number of aryl methyl sites for hydroxylation is 1.